The van der Waals surface area contributed by atoms with Gasteiger partial charge in [0.05, 0.1) is 77.1 Å². The number of carboxylic acids is 2. The maximum atomic E-state index is 12.4. The molecule has 0 fully saturated rings. The Balaban J connectivity index is 1.92. The van der Waals surface area contributed by atoms with Gasteiger partial charge in [-0.15, -0.1) is 5.53 Å². The molecule has 0 saturated heterocycles. The first-order valence-electron chi connectivity index (χ1n) is 20.8. The van der Waals surface area contributed by atoms with Crippen LogP contribution in [0.1, 0.15) is 122 Å². The highest BCUT2D eigenvalue weighted by molar-refractivity contribution is 9.09. The lowest BCUT2D eigenvalue weighted by Crippen LogP contribution is -2.41. The largest absolute Gasteiger partial charge is 0.481 e. The molecule has 17 heteroatoms. The van der Waals surface area contributed by atoms with E-state index >= 15 is 0 Å². The zero-order valence-electron chi connectivity index (χ0n) is 33.7. The summed E-state index contributed by atoms with van der Waals surface area (Å²) in [6.45, 7) is 5.64. The molecular formula is C39H72BrN5O11. The van der Waals surface area contributed by atoms with Gasteiger partial charge in [-0.25, -0.2) is 4.79 Å². The summed E-state index contributed by atoms with van der Waals surface area (Å²) in [5, 5.41) is 25.9. The number of carbonyl (C=O) groups excluding carboxylic acids is 2. The smallest absolute Gasteiger partial charge is 0.326 e. The van der Waals surface area contributed by atoms with Crippen LogP contribution in [0, 0.1) is 0 Å². The first kappa shape index (κ1) is 51.5. The van der Waals surface area contributed by atoms with E-state index in [-0.39, 0.29) is 23.6 Å². The lowest BCUT2D eigenvalue weighted by atomic mass is 10.0. The van der Waals surface area contributed by atoms with Crippen molar-refractivity contribution in [1.29, 1.82) is 0 Å². The number of nitrogens with zero attached hydrogens (tertiary/aromatic N) is 1. The minimum Gasteiger partial charge on any atom is -0.481 e. The number of aliphatic carboxylic acids is 2. The van der Waals surface area contributed by atoms with E-state index in [1.807, 2.05) is 11.2 Å². The summed E-state index contributed by atoms with van der Waals surface area (Å²) in [7, 11) is 0. The maximum absolute atomic E-state index is 12.4. The average Bonchev–Trinajstić information content (AvgIpc) is 3.64. The number of unbranched alkanes of at least 4 members (excludes halogenated alkanes) is 14. The molecule has 1 heterocycles. The third-order valence-corrected chi connectivity index (χ3v) is 9.44. The van der Waals surface area contributed by atoms with E-state index in [1.54, 1.807) is 0 Å². The molecule has 1 unspecified atom stereocenters. The number of hydrazine groups is 2. The predicted octanol–water partition coefficient (Wildman–Crippen LogP) is 4.81. The van der Waals surface area contributed by atoms with Gasteiger partial charge in [0.1, 0.15) is 6.04 Å². The summed E-state index contributed by atoms with van der Waals surface area (Å²) in [4.78, 5) is 45.7. The highest BCUT2D eigenvalue weighted by Gasteiger charge is 2.19. The summed E-state index contributed by atoms with van der Waals surface area (Å²) >= 11 is 3.08. The van der Waals surface area contributed by atoms with Crippen LogP contribution in [0.3, 0.4) is 0 Å². The van der Waals surface area contributed by atoms with Gasteiger partial charge in [-0.1, -0.05) is 93.0 Å². The number of halogens is 1. The number of carbonyl (C=O) groups is 4. The van der Waals surface area contributed by atoms with Crippen molar-refractivity contribution in [2.75, 3.05) is 84.5 Å². The number of alkyl halides is 1. The number of ether oxygens (including phenoxy) is 5. The fraction of sp³-hybridized carbons (Fsp3) is 0.846. The van der Waals surface area contributed by atoms with Crippen molar-refractivity contribution < 1.29 is 53.1 Å². The highest BCUT2D eigenvalue weighted by atomic mass is 79.9. The molecule has 0 spiro atoms. The molecule has 2 amide bonds. The van der Waals surface area contributed by atoms with E-state index < -0.39 is 18.0 Å². The minimum absolute atomic E-state index is 0.0679. The van der Waals surface area contributed by atoms with Gasteiger partial charge < -0.3 is 50.0 Å². The fourth-order valence-electron chi connectivity index (χ4n) is 5.80. The summed E-state index contributed by atoms with van der Waals surface area (Å²) in [5.74, 6) is -1.96. The van der Waals surface area contributed by atoms with Crippen LogP contribution in [0.25, 0.3) is 0 Å². The second-order valence-electron chi connectivity index (χ2n) is 13.9. The first-order chi connectivity index (χ1) is 27.3. The van der Waals surface area contributed by atoms with Crippen LogP contribution < -0.4 is 21.6 Å². The summed E-state index contributed by atoms with van der Waals surface area (Å²) in [6.07, 6.45) is 20.0. The molecule has 0 radical (unpaired) electrons. The van der Waals surface area contributed by atoms with Crippen LogP contribution in [0.5, 0.6) is 0 Å². The van der Waals surface area contributed by atoms with Crippen molar-refractivity contribution in [2.45, 2.75) is 128 Å². The maximum Gasteiger partial charge on any atom is 0.326 e. The predicted molar refractivity (Wildman–Crippen MR) is 217 cm³/mol. The third kappa shape index (κ3) is 33.6. The van der Waals surface area contributed by atoms with Crippen LogP contribution in [0.2, 0.25) is 0 Å². The van der Waals surface area contributed by atoms with Gasteiger partial charge in [-0.05, 0) is 32.1 Å². The highest BCUT2D eigenvalue weighted by Crippen LogP contribution is 2.14. The van der Waals surface area contributed by atoms with E-state index in [9.17, 15) is 24.3 Å². The van der Waals surface area contributed by atoms with Crippen LogP contribution in [0.4, 0.5) is 0 Å². The van der Waals surface area contributed by atoms with Crippen molar-refractivity contribution in [3.63, 3.8) is 0 Å². The third-order valence-electron chi connectivity index (χ3n) is 8.93. The molecule has 56 heavy (non-hydrogen) atoms. The molecule has 326 valence electrons. The van der Waals surface area contributed by atoms with Crippen molar-refractivity contribution in [1.82, 2.24) is 26.6 Å². The van der Waals surface area contributed by atoms with Crippen molar-refractivity contribution >= 4 is 39.7 Å². The number of nitrogens with one attached hydrogen (secondary N) is 4. The Labute approximate surface area is 342 Å². The number of carboxylic acid groups (broad SMARTS) is 2. The zero-order chi connectivity index (χ0) is 40.7. The number of hydrogen-bond acceptors (Lipinski definition) is 12. The zero-order valence-corrected chi connectivity index (χ0v) is 35.3. The lowest BCUT2D eigenvalue weighted by Gasteiger charge is -2.17. The topological polar surface area (TPSA) is 206 Å². The fourth-order valence-corrected chi connectivity index (χ4v) is 6.00. The van der Waals surface area contributed by atoms with Gasteiger partial charge in [0.2, 0.25) is 11.8 Å². The molecule has 0 aromatic carbocycles. The molecule has 1 aliphatic heterocycles. The Morgan fingerprint density at radius 3 is 1.61 bits per heavy atom. The molecular weight excluding hydrogens is 794 g/mol. The number of amides is 2. The minimum atomic E-state index is -0.999. The molecule has 1 rings (SSSR count). The average molecular weight is 867 g/mol. The number of hydrogen-bond donors (Lipinski definition) is 6. The van der Waals surface area contributed by atoms with Gasteiger partial charge in [0.15, 0.2) is 0 Å². The molecule has 1 atom stereocenters. The molecule has 0 bridgehead atoms. The van der Waals surface area contributed by atoms with E-state index in [0.717, 1.165) is 50.6 Å². The molecule has 1 aliphatic rings. The molecule has 0 saturated carbocycles. The molecule has 0 aliphatic carbocycles. The summed E-state index contributed by atoms with van der Waals surface area (Å²) < 4.78 is 27.5. The van der Waals surface area contributed by atoms with Gasteiger partial charge >= 0.3 is 11.9 Å². The van der Waals surface area contributed by atoms with Crippen molar-refractivity contribution in [2.24, 2.45) is 0 Å². The molecule has 6 N–H and O–H groups in total. The standard InChI is InChI=1S/C39H72BrN5O11/c40-31-37(47)41-20-22-52-23-24-53-25-26-54-27-28-55-29-30-56-33-34-32-45(44-43-34)21-16-15-17-35(39(50)51)42-36(46)18-13-11-9-7-5-3-1-2-4-6-8-10-12-14-19-38(48)49/h32,35,43-44H,1-31,33H2,(H,41,47)(H,42,46)(H,48,49)(H,50,51). The Kier molecular flexibility index (Phi) is 34.9. The Morgan fingerprint density at radius 1 is 0.625 bits per heavy atom. The normalized spacial score (nSPS) is 13.0. The lowest BCUT2D eigenvalue weighted by molar-refractivity contribution is -0.142. The van der Waals surface area contributed by atoms with Gasteiger partial charge in [-0.3, -0.25) is 19.4 Å². The number of rotatable bonds is 42. The van der Waals surface area contributed by atoms with Crippen LogP contribution >= 0.6 is 15.9 Å². The second kappa shape index (κ2) is 38.0. The van der Waals surface area contributed by atoms with E-state index in [2.05, 4.69) is 37.5 Å². The van der Waals surface area contributed by atoms with Gasteiger partial charge in [-0.2, -0.15) is 0 Å². The molecule has 0 aromatic heterocycles. The van der Waals surface area contributed by atoms with Crippen molar-refractivity contribution in [3.8, 4) is 0 Å². The van der Waals surface area contributed by atoms with Crippen LogP contribution in [-0.4, -0.2) is 130 Å². The Bertz CT molecular complexity index is 1040. The summed E-state index contributed by atoms with van der Waals surface area (Å²) in [6, 6.07) is -0.875. The van der Waals surface area contributed by atoms with Crippen LogP contribution in [-0.2, 0) is 42.9 Å². The second-order valence-corrected chi connectivity index (χ2v) is 14.4. The molecule has 0 aromatic rings. The van der Waals surface area contributed by atoms with E-state index in [4.69, 9.17) is 28.8 Å². The Morgan fingerprint density at radius 2 is 1.11 bits per heavy atom. The van der Waals surface area contributed by atoms with E-state index in [0.29, 0.717) is 98.4 Å². The van der Waals surface area contributed by atoms with Crippen molar-refractivity contribution in [3.05, 3.63) is 11.9 Å². The molecule has 16 nitrogen and oxygen atoms in total. The van der Waals surface area contributed by atoms with E-state index in [1.165, 1.54) is 51.4 Å². The Hall–Kier alpha value is -2.54. The van der Waals surface area contributed by atoms with Crippen LogP contribution in [0.15, 0.2) is 11.9 Å². The monoisotopic (exact) mass is 865 g/mol. The summed E-state index contributed by atoms with van der Waals surface area (Å²) in [5.41, 5.74) is 7.00. The first-order valence-corrected chi connectivity index (χ1v) is 21.9. The van der Waals surface area contributed by atoms with Gasteiger partial charge in [0.25, 0.3) is 0 Å². The quantitative estimate of drug-likeness (QED) is 0.0360. The SMILES string of the molecule is O=C(O)CCCCCCCCCCCCCCCCC(=O)NC(CCCCN1C=C(COCCOCCOCCOCCOCCNC(=O)CBr)NN1)C(=O)O. The van der Waals surface area contributed by atoms with Gasteiger partial charge in [0, 0.05) is 32.1 Å².